The molecule has 0 aliphatic carbocycles. The lowest BCUT2D eigenvalue weighted by Gasteiger charge is -2.46. The van der Waals surface area contributed by atoms with E-state index in [0.717, 1.165) is 44.9 Å². The maximum atomic E-state index is 12.5. The predicted molar refractivity (Wildman–Crippen MR) is 128 cm³/mol. The molecule has 0 aliphatic rings. The van der Waals surface area contributed by atoms with Gasteiger partial charge in [0.15, 0.2) is 0 Å². The molecule has 34 heavy (non-hydrogen) atoms. The monoisotopic (exact) mass is 575 g/mol. The van der Waals surface area contributed by atoms with E-state index in [1.807, 2.05) is 0 Å². The van der Waals surface area contributed by atoms with Gasteiger partial charge in [-0.25, -0.2) is 0 Å². The number of unbranched alkanes of at least 4 members (excludes halogenated alkanes) is 9. The molecule has 13 nitrogen and oxygen atoms in total. The first-order valence-electron chi connectivity index (χ1n) is 11.4. The molecule has 0 spiro atoms. The van der Waals surface area contributed by atoms with Crippen molar-refractivity contribution in [3.8, 4) is 0 Å². The van der Waals surface area contributed by atoms with Crippen molar-refractivity contribution in [2.24, 2.45) is 0 Å². The molecule has 0 saturated heterocycles. The van der Waals surface area contributed by atoms with E-state index in [1.165, 1.54) is 6.92 Å². The Hall–Kier alpha value is 0.560. The van der Waals surface area contributed by atoms with Crippen LogP contribution in [0.4, 0.5) is 0 Å². The Kier molecular flexibility index (Phi) is 14.7. The summed E-state index contributed by atoms with van der Waals surface area (Å²) in [7, 11) is -23.4. The van der Waals surface area contributed by atoms with Crippen molar-refractivity contribution in [1.82, 2.24) is 4.90 Å². The highest BCUT2D eigenvalue weighted by atomic mass is 31.2. The minimum atomic E-state index is -5.91. The Labute approximate surface area is 201 Å². The van der Waals surface area contributed by atoms with E-state index < -0.39 is 53.9 Å². The molecule has 0 fully saturated rings. The molecule has 0 rings (SSSR count). The zero-order valence-corrected chi connectivity index (χ0v) is 23.3. The molecule has 17 heteroatoms. The van der Waals surface area contributed by atoms with Crippen molar-refractivity contribution < 1.29 is 57.4 Å². The van der Waals surface area contributed by atoms with Gasteiger partial charge in [-0.05, 0) is 12.8 Å². The molecule has 0 aromatic rings. The maximum absolute atomic E-state index is 12.5. The van der Waals surface area contributed by atoms with Gasteiger partial charge in [0.2, 0.25) is 10.5 Å². The second-order valence-electron chi connectivity index (χ2n) is 8.51. The average molecular weight is 575 g/mol. The Morgan fingerprint density at radius 2 is 0.941 bits per heavy atom. The third kappa shape index (κ3) is 10.1. The van der Waals surface area contributed by atoms with Crippen LogP contribution in [0.25, 0.3) is 0 Å². The van der Waals surface area contributed by atoms with Crippen LogP contribution in [0.2, 0.25) is 0 Å². The zero-order chi connectivity index (χ0) is 26.8. The quantitative estimate of drug-likeness (QED) is 0.0812. The van der Waals surface area contributed by atoms with Gasteiger partial charge >= 0.3 is 30.4 Å². The molecule has 0 bridgehead atoms. The standard InChI is InChI=1S/C17H41NO12P4/c1-3-5-6-7-8-9-10-11-12-13-14-17(33(25,26)27,34(28,29)30)18(15-4-2)16(31(19,20)21)32(22,23)24/h16H,3-15H2,1-2H3,(H2,19,20,21)(H2,22,23,24)(H2,25,26,27)(H2,28,29,30). The Morgan fingerprint density at radius 1 is 0.588 bits per heavy atom. The first-order valence-corrected chi connectivity index (χ1v) is 17.9. The van der Waals surface area contributed by atoms with Crippen molar-refractivity contribution in [2.45, 2.75) is 101 Å². The maximum Gasteiger partial charge on any atom is 0.358 e. The van der Waals surface area contributed by atoms with Gasteiger partial charge in [-0.15, -0.1) is 0 Å². The van der Waals surface area contributed by atoms with E-state index in [1.54, 1.807) is 0 Å². The molecule has 0 unspecified atom stereocenters. The molecule has 0 atom stereocenters. The molecule has 206 valence electrons. The predicted octanol–water partition coefficient (Wildman–Crippen LogP) is 3.66. The molecule has 0 radical (unpaired) electrons. The molecule has 0 amide bonds. The first kappa shape index (κ1) is 34.6. The minimum Gasteiger partial charge on any atom is -0.323 e. The first-order chi connectivity index (χ1) is 15.4. The molecule has 0 heterocycles. The minimum absolute atomic E-state index is 0.0240. The molecular formula is C17H41NO12P4. The average Bonchev–Trinajstić information content (AvgIpc) is 2.61. The lowest BCUT2D eigenvalue weighted by atomic mass is 10.1. The van der Waals surface area contributed by atoms with E-state index in [2.05, 4.69) is 6.92 Å². The molecule has 0 aliphatic heterocycles. The summed E-state index contributed by atoms with van der Waals surface area (Å²) in [5, 5.41) is -3.50. The summed E-state index contributed by atoms with van der Waals surface area (Å²) in [6, 6.07) is 0. The molecule has 0 aromatic heterocycles. The highest BCUT2D eigenvalue weighted by molar-refractivity contribution is 7.73. The van der Waals surface area contributed by atoms with Gasteiger partial charge in [0.25, 0.3) is 0 Å². The lowest BCUT2D eigenvalue weighted by Crippen LogP contribution is -2.53. The molecule has 0 saturated carbocycles. The summed E-state index contributed by atoms with van der Waals surface area (Å²) in [4.78, 5) is 78.7. The fourth-order valence-corrected chi connectivity index (χ4v) is 10.7. The molecule has 8 N–H and O–H groups in total. The zero-order valence-electron chi connectivity index (χ0n) is 19.7. The second-order valence-corrected chi connectivity index (χ2v) is 16.3. The van der Waals surface area contributed by atoms with Crippen LogP contribution in [0.1, 0.15) is 90.9 Å². The normalized spacial score (nSPS) is 14.4. The lowest BCUT2D eigenvalue weighted by molar-refractivity contribution is 0.133. The van der Waals surface area contributed by atoms with E-state index in [9.17, 15) is 57.4 Å². The van der Waals surface area contributed by atoms with Crippen LogP contribution in [0.15, 0.2) is 0 Å². The van der Waals surface area contributed by atoms with Gasteiger partial charge in [0.05, 0.1) is 0 Å². The smallest absolute Gasteiger partial charge is 0.323 e. The van der Waals surface area contributed by atoms with Gasteiger partial charge in [-0.2, -0.15) is 0 Å². The van der Waals surface area contributed by atoms with Crippen LogP contribution in [0.3, 0.4) is 0 Å². The fourth-order valence-electron chi connectivity index (χ4n) is 4.07. The van der Waals surface area contributed by atoms with Crippen molar-refractivity contribution >= 4 is 30.4 Å². The van der Waals surface area contributed by atoms with E-state index >= 15 is 0 Å². The number of nitrogens with zero attached hydrogens (tertiary/aromatic N) is 1. The van der Waals surface area contributed by atoms with Gasteiger partial charge < -0.3 is 39.1 Å². The van der Waals surface area contributed by atoms with Crippen LogP contribution >= 0.6 is 30.4 Å². The van der Waals surface area contributed by atoms with Crippen LogP contribution in [-0.4, -0.2) is 61.1 Å². The summed E-state index contributed by atoms with van der Waals surface area (Å²) in [5.41, 5.74) is -3.12. The number of hydrogen-bond acceptors (Lipinski definition) is 5. The van der Waals surface area contributed by atoms with Crippen molar-refractivity contribution in [1.29, 1.82) is 0 Å². The summed E-state index contributed by atoms with van der Waals surface area (Å²) in [6.07, 6.45) is 6.95. The van der Waals surface area contributed by atoms with E-state index in [4.69, 9.17) is 0 Å². The largest absolute Gasteiger partial charge is 0.358 e. The second kappa shape index (κ2) is 14.5. The molecular weight excluding hydrogens is 534 g/mol. The van der Waals surface area contributed by atoms with Gasteiger partial charge in [-0.3, -0.25) is 23.2 Å². The van der Waals surface area contributed by atoms with Crippen molar-refractivity contribution in [3.63, 3.8) is 0 Å². The van der Waals surface area contributed by atoms with Crippen molar-refractivity contribution in [3.05, 3.63) is 0 Å². The van der Waals surface area contributed by atoms with Crippen LogP contribution in [0.5, 0.6) is 0 Å². The summed E-state index contributed by atoms with van der Waals surface area (Å²) in [6.45, 7) is 2.70. The summed E-state index contributed by atoms with van der Waals surface area (Å²) in [5.74, 6) is 0. The highest BCUT2D eigenvalue weighted by Gasteiger charge is 2.68. The summed E-state index contributed by atoms with van der Waals surface area (Å²) >= 11 is 0. The number of rotatable bonds is 19. The van der Waals surface area contributed by atoms with Gasteiger partial charge in [-0.1, -0.05) is 78.1 Å². The van der Waals surface area contributed by atoms with Gasteiger partial charge in [0, 0.05) is 6.54 Å². The SMILES string of the molecule is CCCCCCCCCCCCC(N(CCC)C(P(=O)(O)O)P(=O)(O)O)(P(=O)(O)O)P(=O)(O)O. The van der Waals surface area contributed by atoms with Crippen LogP contribution < -0.4 is 0 Å². The Bertz CT molecular complexity index is 741. The van der Waals surface area contributed by atoms with Crippen LogP contribution in [0, 0.1) is 0 Å². The van der Waals surface area contributed by atoms with E-state index in [-0.39, 0.29) is 17.7 Å². The molecule has 0 aromatic carbocycles. The van der Waals surface area contributed by atoms with E-state index in [0.29, 0.717) is 12.8 Å². The Balaban J connectivity index is 5.91. The number of hydrogen-bond donors (Lipinski definition) is 8. The summed E-state index contributed by atoms with van der Waals surface area (Å²) < 4.78 is 49.0. The Morgan fingerprint density at radius 3 is 1.24 bits per heavy atom. The van der Waals surface area contributed by atoms with Crippen LogP contribution in [-0.2, 0) is 18.3 Å². The van der Waals surface area contributed by atoms with Crippen molar-refractivity contribution in [2.75, 3.05) is 6.54 Å². The fraction of sp³-hybridized carbons (Fsp3) is 1.00. The van der Waals surface area contributed by atoms with Gasteiger partial charge in [0.1, 0.15) is 0 Å². The third-order valence-corrected chi connectivity index (χ3v) is 13.6. The third-order valence-electron chi connectivity index (χ3n) is 5.60. The highest BCUT2D eigenvalue weighted by Crippen LogP contribution is 2.76. The topological polar surface area (TPSA) is 233 Å².